The Hall–Kier alpha value is -10.2. The van der Waals surface area contributed by atoms with Crippen molar-refractivity contribution >= 4 is 126 Å². The highest BCUT2D eigenvalue weighted by Gasteiger charge is 2.46. The van der Waals surface area contributed by atoms with E-state index in [4.69, 9.17) is 14.2 Å². The van der Waals surface area contributed by atoms with Crippen LogP contribution in [0.25, 0.3) is 41.8 Å². The van der Waals surface area contributed by atoms with Gasteiger partial charge in [0.05, 0.1) is 107 Å². The van der Waals surface area contributed by atoms with E-state index in [-0.39, 0.29) is 172 Å². The summed E-state index contributed by atoms with van der Waals surface area (Å²) in [5.41, 5.74) is 8.04. The van der Waals surface area contributed by atoms with Gasteiger partial charge in [0.1, 0.15) is 55.9 Å². The molecule has 0 spiro atoms. The van der Waals surface area contributed by atoms with Crippen molar-refractivity contribution < 1.29 is 76.3 Å². The Labute approximate surface area is 816 Å². The largest absolute Gasteiger partial charge is 0.388 e. The van der Waals surface area contributed by atoms with Gasteiger partial charge in [0.2, 0.25) is 0 Å². The standard InChI is InChI=1S/C26H35N5O4S2.C24H33N5O4S.2C23H31N5O4S/c1-4-16(3)28-21-13-15(2)20(14-27-21)23-22(26(33)31-18-5-6-19(31)8-7-18)30-25(36-23)24(32)29-17-9-11-37(34,35)12-10-17;1-5-14(3)26-19-9-13(2)16(10-25-19)21-20(24(32)29-8-6-7-15(29)4)28-23(34-21)22(31)27-17-11-33-12-18(17)30;2*1-12(2)25-18-8-13(3)15(9-24-18)20-19(23(31)28-7-5-6-14(28)4)27-22(33-20)21(30)26-16-10-32-11-17(16)29/h13-14,16-19H,4-12H2,1-3H3,(H,27,28)(H,29,32);9-10,14-15,17-18,30H,5-8,11-12H2,1-4H3,(H,25,26)(H,27,31);2*8-9,12,14,16-17,29H,5-7,10-11H2,1-4H3,(H,24,25)(H,26,30)/t16-,18?,19?;14-,15+,17+,18-;14-,16+,17-;14-,16-,17+/m1100/s1. The smallest absolute Gasteiger partial charge is 0.280 e. The van der Waals surface area contributed by atoms with Crippen molar-refractivity contribution in [3.05, 3.63) is 114 Å². The van der Waals surface area contributed by atoms with Crippen LogP contribution in [0.1, 0.15) is 269 Å². The van der Waals surface area contributed by atoms with Crippen molar-refractivity contribution in [1.82, 2.24) is 80.7 Å². The third-order valence-corrected chi connectivity index (χ3v) is 32.6. The minimum absolute atomic E-state index is 0.0738. The number of nitrogens with zero attached hydrogens (tertiary/aromatic N) is 12. The quantitative estimate of drug-likeness (QED) is 0.0240. The van der Waals surface area contributed by atoms with Crippen molar-refractivity contribution in [2.45, 2.75) is 291 Å². The lowest BCUT2D eigenvalue weighted by Gasteiger charge is -2.22. The van der Waals surface area contributed by atoms with Crippen LogP contribution in [0.3, 0.4) is 0 Å². The first-order valence-corrected chi connectivity index (χ1v) is 52.9. The first-order chi connectivity index (χ1) is 65.4. The summed E-state index contributed by atoms with van der Waals surface area (Å²) in [7, 11) is -3.02. The van der Waals surface area contributed by atoms with E-state index in [2.05, 4.69) is 110 Å². The normalized spacial score (nSPS) is 23.1. The van der Waals surface area contributed by atoms with Crippen LogP contribution in [0.5, 0.6) is 0 Å². The maximum absolute atomic E-state index is 13.8. The summed E-state index contributed by atoms with van der Waals surface area (Å²) in [6, 6.07) is 8.05. The number of aromatic nitrogens is 8. The maximum Gasteiger partial charge on any atom is 0.280 e. The number of aryl methyl sites for hydroxylation is 4. The number of rotatable bonds is 26. The van der Waals surface area contributed by atoms with Crippen molar-refractivity contribution in [3.8, 4) is 41.8 Å². The minimum atomic E-state index is -3.02. The predicted octanol–water partition coefficient (Wildman–Crippen LogP) is 11.5. The van der Waals surface area contributed by atoms with Gasteiger partial charge in [-0.3, -0.25) is 38.4 Å². The van der Waals surface area contributed by atoms with Crippen molar-refractivity contribution in [2.24, 2.45) is 0 Å². The molecule has 0 aromatic carbocycles. The van der Waals surface area contributed by atoms with Gasteiger partial charge < -0.3 is 91.7 Å². The van der Waals surface area contributed by atoms with Gasteiger partial charge in [-0.25, -0.2) is 48.3 Å². The van der Waals surface area contributed by atoms with E-state index in [1.807, 2.05) is 120 Å². The average molecular weight is 1980 g/mol. The second-order valence-corrected chi connectivity index (χ2v) is 44.2. The lowest BCUT2D eigenvalue weighted by atomic mass is 10.0. The Kier molecular flexibility index (Phi) is 34.0. The zero-order chi connectivity index (χ0) is 98.1. The molecule has 2 bridgehead atoms. The molecular weight excluding hydrogens is 1850 g/mol. The minimum Gasteiger partial charge on any atom is -0.388 e. The molecule has 0 unspecified atom stereocenters. The van der Waals surface area contributed by atoms with Crippen LogP contribution in [0.2, 0.25) is 0 Å². The molecule has 0 radical (unpaired) electrons. The topological polar surface area (TPSA) is 471 Å². The molecule has 0 aliphatic carbocycles. The molecule has 137 heavy (non-hydrogen) atoms. The van der Waals surface area contributed by atoms with Gasteiger partial charge in [-0.2, -0.15) is 0 Å². The van der Waals surface area contributed by atoms with E-state index in [9.17, 15) is 62.1 Å². The molecule has 9 aliphatic heterocycles. The van der Waals surface area contributed by atoms with Crippen LogP contribution in [-0.4, -0.2) is 298 Å². The Morgan fingerprint density at radius 1 is 0.401 bits per heavy atom. The zero-order valence-corrected chi connectivity index (χ0v) is 84.7. The van der Waals surface area contributed by atoms with Crippen molar-refractivity contribution in [3.63, 3.8) is 0 Å². The first kappa shape index (κ1) is 103. The summed E-state index contributed by atoms with van der Waals surface area (Å²) in [6.07, 6.45) is 17.2. The number of carbonyl (C=O) groups is 8. The molecule has 8 aromatic heterocycles. The van der Waals surface area contributed by atoms with Gasteiger partial charge in [0.15, 0.2) is 20.0 Å². The highest BCUT2D eigenvalue weighted by molar-refractivity contribution is 7.91. The van der Waals surface area contributed by atoms with E-state index in [0.717, 1.165) is 145 Å². The second-order valence-electron chi connectivity index (χ2n) is 37.9. The number of amides is 8. The number of hydrogen-bond donors (Lipinski definition) is 11. The van der Waals surface area contributed by atoms with Crippen LogP contribution in [0, 0.1) is 27.7 Å². The van der Waals surface area contributed by atoms with Gasteiger partial charge in [-0.05, 0) is 226 Å². The molecule has 9 fully saturated rings. The van der Waals surface area contributed by atoms with Gasteiger partial charge in [0, 0.05) is 127 Å². The number of hydrogen-bond acceptors (Lipinski definition) is 32. The fourth-order valence-corrected chi connectivity index (χ4v) is 23.9. The van der Waals surface area contributed by atoms with Crippen LogP contribution >= 0.6 is 45.3 Å². The molecule has 9 saturated heterocycles. The van der Waals surface area contributed by atoms with Gasteiger partial charge in [-0.1, -0.05) is 13.8 Å². The lowest BCUT2D eigenvalue weighted by Crippen LogP contribution is -2.42. The summed E-state index contributed by atoms with van der Waals surface area (Å²) < 4.78 is 39.2. The molecule has 41 heteroatoms. The third kappa shape index (κ3) is 24.6. The number of anilines is 4. The molecular formula is C96H130N20O16S5. The van der Waals surface area contributed by atoms with Crippen LogP contribution in [0.15, 0.2) is 49.1 Å². The average Bonchev–Trinajstić information content (AvgIpc) is 1.61. The van der Waals surface area contributed by atoms with E-state index >= 15 is 0 Å². The van der Waals surface area contributed by atoms with Crippen LogP contribution in [0.4, 0.5) is 23.3 Å². The summed E-state index contributed by atoms with van der Waals surface area (Å²) in [5.74, 6) is 0.961. The van der Waals surface area contributed by atoms with Gasteiger partial charge in [-0.15, -0.1) is 45.3 Å². The van der Waals surface area contributed by atoms with E-state index < -0.39 is 64.0 Å². The molecule has 0 saturated carbocycles. The molecule has 8 aromatic rings. The van der Waals surface area contributed by atoms with Gasteiger partial charge in [0.25, 0.3) is 47.3 Å². The Balaban J connectivity index is 0.000000146. The summed E-state index contributed by atoms with van der Waals surface area (Å²) in [6.45, 7) is 33.9. The number of fused-ring (bicyclic) bond motifs is 2. The zero-order valence-electron chi connectivity index (χ0n) is 80.6. The number of thiazole rings is 4. The highest BCUT2D eigenvalue weighted by Crippen LogP contribution is 2.44. The van der Waals surface area contributed by atoms with E-state index in [1.54, 1.807) is 24.8 Å². The monoisotopic (exact) mass is 1980 g/mol. The summed E-state index contributed by atoms with van der Waals surface area (Å²) in [5, 5.41) is 55.3. The van der Waals surface area contributed by atoms with E-state index in [0.29, 0.717) is 63.7 Å². The number of sulfone groups is 1. The molecule has 17 rings (SSSR count). The number of aliphatic hydroxyl groups is 3. The van der Waals surface area contributed by atoms with Gasteiger partial charge >= 0.3 is 0 Å². The molecule has 740 valence electrons. The molecule has 8 amide bonds. The number of carbonyl (C=O) groups excluding carboxylic acids is 8. The molecule has 36 nitrogen and oxygen atoms in total. The molecule has 9 aliphatic rings. The molecule has 17 heterocycles. The first-order valence-electron chi connectivity index (χ1n) is 47.9. The van der Waals surface area contributed by atoms with Crippen molar-refractivity contribution in [1.29, 1.82) is 0 Å². The Morgan fingerprint density at radius 2 is 0.679 bits per heavy atom. The van der Waals surface area contributed by atoms with Crippen LogP contribution < -0.4 is 42.5 Å². The SMILES string of the molecule is CC[C@@H](C)Nc1cc(C)c(-c2sc(C(=O)NC3CCS(=O)(=O)CC3)nc2C(=O)N2C3CCC2CC3)cn1.CC[C@@H](C)Nc1cc(C)c(-c2sc(C(=O)N[C@H]3COC[C@H]3O)nc2C(=O)N2CCC[C@@H]2C)cn1.Cc1cc(NC(C)C)ncc1-c1sc(C(=O)N[C@@H]2COC[C@@H]2O)nc1C(=O)N1CCC[C@@H]1C.Cc1cc(NC(C)C)ncc1-c1sc(C(=O)N[C@H]2COC[C@H]2O)nc1C(=O)N1CCC[C@@H]1C. The molecule has 11 atom stereocenters. The molecule has 11 N–H and O–H groups in total. The predicted molar refractivity (Wildman–Crippen MR) is 529 cm³/mol. The number of pyridine rings is 4. The highest BCUT2D eigenvalue weighted by atomic mass is 32.2. The van der Waals surface area contributed by atoms with Crippen LogP contribution in [-0.2, 0) is 24.0 Å². The number of likely N-dealkylation sites (tertiary alicyclic amines) is 3. The van der Waals surface area contributed by atoms with Crippen molar-refractivity contribution in [2.75, 3.05) is 92.0 Å². The number of nitrogens with one attached hydrogen (secondary N) is 8. The Bertz CT molecular complexity index is 5630. The fraction of sp³-hybridized carbons (Fsp3) is 0.583. The second kappa shape index (κ2) is 45.4. The van der Waals surface area contributed by atoms with E-state index in [1.165, 1.54) is 45.3 Å². The summed E-state index contributed by atoms with van der Waals surface area (Å²) in [4.78, 5) is 152. The maximum atomic E-state index is 13.8. The number of ether oxygens (including phenoxy) is 3. The summed E-state index contributed by atoms with van der Waals surface area (Å²) >= 11 is 4.73. The lowest BCUT2D eigenvalue weighted by molar-refractivity contribution is 0.0719. The Morgan fingerprint density at radius 3 is 0.927 bits per heavy atom. The third-order valence-electron chi connectivity index (χ3n) is 26.5. The number of aliphatic hydroxyl groups excluding tert-OH is 3. The fourth-order valence-electron chi connectivity index (χ4n) is 18.3.